The van der Waals surface area contributed by atoms with Gasteiger partial charge in [-0.25, -0.2) is 4.39 Å². The lowest BCUT2D eigenvalue weighted by molar-refractivity contribution is -0.321. The maximum absolute atomic E-state index is 14.0. The summed E-state index contributed by atoms with van der Waals surface area (Å²) >= 11 is 0. The first-order valence-corrected chi connectivity index (χ1v) is 12.6. The largest absolute Gasteiger partial charge is 0.522 e. The van der Waals surface area contributed by atoms with E-state index in [1.54, 1.807) is 0 Å². The van der Waals surface area contributed by atoms with E-state index in [1.165, 1.54) is 18.2 Å². The van der Waals surface area contributed by atoms with Gasteiger partial charge in [0.25, 0.3) is 0 Å². The van der Waals surface area contributed by atoms with E-state index >= 15 is 0 Å². The van der Waals surface area contributed by atoms with E-state index in [0.717, 1.165) is 17.4 Å². The highest BCUT2D eigenvalue weighted by Crippen LogP contribution is 2.42. The molecule has 2 saturated heterocycles. The van der Waals surface area contributed by atoms with E-state index in [1.807, 2.05) is 0 Å². The molecule has 4 amide bonds. The van der Waals surface area contributed by atoms with Crippen LogP contribution in [0, 0.1) is 23.6 Å². The summed E-state index contributed by atoms with van der Waals surface area (Å²) in [6.07, 6.45) is -2.98. The Morgan fingerprint density at radius 2 is 1.87 bits per heavy atom. The Morgan fingerprint density at radius 1 is 1.13 bits per heavy atom. The second-order valence-corrected chi connectivity index (χ2v) is 9.97. The first kappa shape index (κ1) is 28.5. The standard InChI is InChI=1S/C25H28F4N4O6/c26-16-6-1-2-7-17(16)31-23(37)24(38)33-11-14-4-3-5-15(14)20(33)22(36)32-18(10-13-8-9-30-21(13)35)19(34)12-39-25(27,28)29/h1-2,6-7,13-15,18,20H,3-5,8-12H2,(H,30,35)(H,31,37)(H,32,36). The molecule has 1 saturated carbocycles. The van der Waals surface area contributed by atoms with Gasteiger partial charge in [-0.1, -0.05) is 18.6 Å². The Hall–Kier alpha value is -3.55. The van der Waals surface area contributed by atoms with E-state index in [2.05, 4.69) is 20.7 Å². The van der Waals surface area contributed by atoms with E-state index < -0.39 is 66.2 Å². The highest BCUT2D eigenvalue weighted by molar-refractivity contribution is 6.40. The SMILES string of the molecule is O=C(Nc1ccccc1F)C(=O)N1CC2CCCC2C1C(=O)NC(CC1CCNC1=O)C(=O)COC(F)(F)F. The van der Waals surface area contributed by atoms with Crippen LogP contribution in [0.3, 0.4) is 0 Å². The molecular formula is C25H28F4N4O6. The normalized spacial score (nSPS) is 25.1. The van der Waals surface area contributed by atoms with E-state index in [0.29, 0.717) is 25.8 Å². The molecule has 3 N–H and O–H groups in total. The van der Waals surface area contributed by atoms with Gasteiger partial charge in [-0.2, -0.15) is 0 Å². The number of nitrogens with one attached hydrogen (secondary N) is 3. The van der Waals surface area contributed by atoms with Crippen LogP contribution < -0.4 is 16.0 Å². The Kier molecular flexibility index (Phi) is 8.52. The quantitative estimate of drug-likeness (QED) is 0.328. The summed E-state index contributed by atoms with van der Waals surface area (Å²) in [6.45, 7) is -0.969. The minimum absolute atomic E-state index is 0.0765. The van der Waals surface area contributed by atoms with E-state index in [9.17, 15) is 41.5 Å². The van der Waals surface area contributed by atoms with Gasteiger partial charge in [0.1, 0.15) is 18.5 Å². The molecule has 14 heteroatoms. The molecule has 4 rings (SSSR count). The summed E-state index contributed by atoms with van der Waals surface area (Å²) < 4.78 is 55.3. The van der Waals surface area contributed by atoms with Gasteiger partial charge in [-0.3, -0.25) is 28.7 Å². The molecule has 0 radical (unpaired) electrons. The van der Waals surface area contributed by atoms with Crippen molar-refractivity contribution < 1.29 is 46.3 Å². The second-order valence-electron chi connectivity index (χ2n) is 9.97. The van der Waals surface area contributed by atoms with Crippen LogP contribution in [0.4, 0.5) is 23.2 Å². The van der Waals surface area contributed by atoms with Gasteiger partial charge in [-0.05, 0) is 49.7 Å². The summed E-state index contributed by atoms with van der Waals surface area (Å²) in [5.74, 6) is -6.45. The van der Waals surface area contributed by atoms with Crippen LogP contribution in [-0.4, -0.2) is 72.5 Å². The van der Waals surface area contributed by atoms with Gasteiger partial charge in [0, 0.05) is 19.0 Å². The number of alkyl halides is 3. The predicted octanol–water partition coefficient (Wildman–Crippen LogP) is 1.51. The third-order valence-electron chi connectivity index (χ3n) is 7.50. The monoisotopic (exact) mass is 556 g/mol. The first-order chi connectivity index (χ1) is 18.4. The van der Waals surface area contributed by atoms with Crippen molar-refractivity contribution in [3.8, 4) is 0 Å². The lowest BCUT2D eigenvalue weighted by atomic mass is 9.92. The van der Waals surface area contributed by atoms with Crippen molar-refractivity contribution in [2.24, 2.45) is 17.8 Å². The molecule has 3 aliphatic rings. The van der Waals surface area contributed by atoms with Gasteiger partial charge in [0.2, 0.25) is 11.8 Å². The van der Waals surface area contributed by atoms with Gasteiger partial charge in [-0.15, -0.1) is 13.2 Å². The number of fused-ring (bicyclic) bond motifs is 1. The van der Waals surface area contributed by atoms with Crippen molar-refractivity contribution in [3.63, 3.8) is 0 Å². The summed E-state index contributed by atoms with van der Waals surface area (Å²) in [7, 11) is 0. The van der Waals surface area contributed by atoms with E-state index in [-0.39, 0.29) is 30.5 Å². The Labute approximate surface area is 220 Å². The maximum atomic E-state index is 14.0. The van der Waals surface area contributed by atoms with Crippen LogP contribution in [0.2, 0.25) is 0 Å². The summed E-state index contributed by atoms with van der Waals surface area (Å²) in [4.78, 5) is 65.1. The third kappa shape index (κ3) is 6.72. The number of carbonyl (C=O) groups is 5. The van der Waals surface area contributed by atoms with Gasteiger partial charge < -0.3 is 20.9 Å². The molecule has 212 valence electrons. The van der Waals surface area contributed by atoms with Gasteiger partial charge in [0.15, 0.2) is 5.78 Å². The molecule has 0 bridgehead atoms. The van der Waals surface area contributed by atoms with Crippen molar-refractivity contribution in [2.75, 3.05) is 25.0 Å². The number of rotatable bonds is 8. The van der Waals surface area contributed by atoms with Crippen LogP contribution >= 0.6 is 0 Å². The lowest BCUT2D eigenvalue weighted by Crippen LogP contribution is -2.55. The second kappa shape index (κ2) is 11.7. The molecule has 1 aromatic rings. The van der Waals surface area contributed by atoms with Gasteiger partial charge >= 0.3 is 18.2 Å². The highest BCUT2D eigenvalue weighted by atomic mass is 19.4. The predicted molar refractivity (Wildman–Crippen MR) is 126 cm³/mol. The zero-order valence-corrected chi connectivity index (χ0v) is 20.8. The van der Waals surface area contributed by atoms with Crippen molar-refractivity contribution in [3.05, 3.63) is 30.1 Å². The molecule has 10 nitrogen and oxygen atoms in total. The fraction of sp³-hybridized carbons (Fsp3) is 0.560. The molecular weight excluding hydrogens is 528 g/mol. The maximum Gasteiger partial charge on any atom is 0.522 e. The zero-order valence-electron chi connectivity index (χ0n) is 20.8. The molecule has 5 atom stereocenters. The molecule has 5 unspecified atom stereocenters. The highest BCUT2D eigenvalue weighted by Gasteiger charge is 2.51. The number of ketones is 1. The van der Waals surface area contributed by atoms with E-state index in [4.69, 9.17) is 0 Å². The molecule has 1 aliphatic carbocycles. The minimum atomic E-state index is -5.08. The number of amides is 4. The van der Waals surface area contributed by atoms with Crippen LogP contribution in [-0.2, 0) is 28.7 Å². The number of hydrogen-bond donors (Lipinski definition) is 3. The smallest absolute Gasteiger partial charge is 0.356 e. The fourth-order valence-corrected chi connectivity index (χ4v) is 5.66. The number of anilines is 1. The lowest BCUT2D eigenvalue weighted by Gasteiger charge is -2.29. The van der Waals surface area contributed by atoms with Crippen molar-refractivity contribution >= 4 is 35.1 Å². The van der Waals surface area contributed by atoms with Crippen LogP contribution in [0.1, 0.15) is 32.1 Å². The summed E-state index contributed by atoms with van der Waals surface area (Å²) in [6, 6.07) is 2.57. The number of halogens is 4. The van der Waals surface area contributed by atoms with Crippen molar-refractivity contribution in [2.45, 2.75) is 50.6 Å². The average molecular weight is 557 g/mol. The molecule has 0 aromatic heterocycles. The van der Waals surface area contributed by atoms with Crippen LogP contribution in [0.5, 0.6) is 0 Å². The molecule has 0 spiro atoms. The Morgan fingerprint density at radius 3 is 2.54 bits per heavy atom. The molecule has 2 aliphatic heterocycles. The van der Waals surface area contributed by atoms with Crippen molar-refractivity contribution in [1.29, 1.82) is 0 Å². The summed E-state index contributed by atoms with van der Waals surface area (Å²) in [5.41, 5.74) is -0.221. The number of Topliss-reactive ketones (excluding diaryl/α,β-unsaturated/α-hetero) is 1. The number of carbonyl (C=O) groups excluding carboxylic acids is 5. The van der Waals surface area contributed by atoms with Crippen LogP contribution in [0.25, 0.3) is 0 Å². The Balaban J connectivity index is 1.51. The summed E-state index contributed by atoms with van der Waals surface area (Å²) in [5, 5.41) is 7.20. The van der Waals surface area contributed by atoms with Crippen molar-refractivity contribution in [1.82, 2.24) is 15.5 Å². The Bertz CT molecular complexity index is 1150. The zero-order chi connectivity index (χ0) is 28.3. The first-order valence-electron chi connectivity index (χ1n) is 12.6. The topological polar surface area (TPSA) is 134 Å². The number of para-hydroxylation sites is 1. The number of benzene rings is 1. The molecule has 39 heavy (non-hydrogen) atoms. The number of ether oxygens (including phenoxy) is 1. The van der Waals surface area contributed by atoms with Gasteiger partial charge in [0.05, 0.1) is 11.7 Å². The molecule has 1 aromatic carbocycles. The van der Waals surface area contributed by atoms with Crippen LogP contribution in [0.15, 0.2) is 24.3 Å². The average Bonchev–Trinajstić information content (AvgIpc) is 3.58. The molecule has 2 heterocycles. The third-order valence-corrected chi connectivity index (χ3v) is 7.50. The number of nitrogens with zero attached hydrogens (tertiary/aromatic N) is 1. The minimum Gasteiger partial charge on any atom is -0.356 e. The number of likely N-dealkylation sites (tertiary alicyclic amines) is 1. The molecule has 3 fully saturated rings. The fourth-order valence-electron chi connectivity index (χ4n) is 5.66. The number of hydrogen-bond acceptors (Lipinski definition) is 6.